The van der Waals surface area contributed by atoms with Crippen LogP contribution >= 0.6 is 15.9 Å². The number of aromatic carboxylic acids is 1. The molecule has 1 aromatic rings. The molecule has 1 aromatic carbocycles. The Bertz CT molecular complexity index is 548. The highest BCUT2D eigenvalue weighted by Gasteiger charge is 2.23. The van der Waals surface area contributed by atoms with Crippen LogP contribution < -0.4 is 10.6 Å². The third kappa shape index (κ3) is 4.20. The molecule has 1 saturated carbocycles. The zero-order valence-corrected chi connectivity index (χ0v) is 13.4. The lowest BCUT2D eigenvalue weighted by atomic mass is 9.86. The molecule has 0 radical (unpaired) electrons. The summed E-state index contributed by atoms with van der Waals surface area (Å²) in [6.45, 7) is 2.14. The summed E-state index contributed by atoms with van der Waals surface area (Å²) in [5.41, 5.74) is 0.593. The maximum atomic E-state index is 12.1. The molecular weight excluding hydrogens is 336 g/mol. The smallest absolute Gasteiger partial charge is 0.335 e. The third-order valence-corrected chi connectivity index (χ3v) is 4.58. The van der Waals surface area contributed by atoms with Crippen LogP contribution in [0.4, 0.5) is 10.5 Å². The van der Waals surface area contributed by atoms with Crippen molar-refractivity contribution in [3.63, 3.8) is 0 Å². The Hall–Kier alpha value is -1.56. The van der Waals surface area contributed by atoms with Crippen molar-refractivity contribution < 1.29 is 14.7 Å². The number of nitrogens with one attached hydrogen (secondary N) is 2. The molecule has 6 heteroatoms. The maximum Gasteiger partial charge on any atom is 0.335 e. The lowest BCUT2D eigenvalue weighted by molar-refractivity contribution is 0.0697. The quantitative estimate of drug-likeness (QED) is 0.771. The fraction of sp³-hybridized carbons (Fsp3) is 0.467. The van der Waals surface area contributed by atoms with Crippen LogP contribution in [0.25, 0.3) is 0 Å². The van der Waals surface area contributed by atoms with E-state index >= 15 is 0 Å². The summed E-state index contributed by atoms with van der Waals surface area (Å²) in [4.78, 5) is 23.0. The summed E-state index contributed by atoms with van der Waals surface area (Å²) in [6.07, 6.45) is 4.47. The Kier molecular flexibility index (Phi) is 5.22. The van der Waals surface area contributed by atoms with Gasteiger partial charge in [0.05, 0.1) is 11.3 Å². The SMILES string of the molecule is CC1CCCCC1NC(=O)Nc1cc(C(=O)O)ccc1Br. The van der Waals surface area contributed by atoms with E-state index in [1.54, 1.807) is 6.07 Å². The summed E-state index contributed by atoms with van der Waals surface area (Å²) in [7, 11) is 0. The summed E-state index contributed by atoms with van der Waals surface area (Å²) in [5, 5.41) is 14.7. The van der Waals surface area contributed by atoms with E-state index in [4.69, 9.17) is 5.11 Å². The first kappa shape index (κ1) is 15.8. The number of hydrogen-bond acceptors (Lipinski definition) is 2. The van der Waals surface area contributed by atoms with Crippen LogP contribution in [-0.4, -0.2) is 23.1 Å². The van der Waals surface area contributed by atoms with E-state index in [9.17, 15) is 9.59 Å². The Morgan fingerprint density at radius 2 is 2.00 bits per heavy atom. The van der Waals surface area contributed by atoms with Gasteiger partial charge in [0.2, 0.25) is 0 Å². The van der Waals surface area contributed by atoms with Crippen LogP contribution in [-0.2, 0) is 0 Å². The van der Waals surface area contributed by atoms with E-state index in [0.29, 0.717) is 16.1 Å². The van der Waals surface area contributed by atoms with E-state index in [0.717, 1.165) is 19.3 Å². The number of urea groups is 1. The van der Waals surface area contributed by atoms with Gasteiger partial charge in [-0.25, -0.2) is 9.59 Å². The normalized spacial score (nSPS) is 21.6. The van der Waals surface area contributed by atoms with Gasteiger partial charge in [-0.15, -0.1) is 0 Å². The van der Waals surface area contributed by atoms with Crippen molar-refractivity contribution in [2.75, 3.05) is 5.32 Å². The van der Waals surface area contributed by atoms with Crippen molar-refractivity contribution in [2.45, 2.75) is 38.6 Å². The van der Waals surface area contributed by atoms with Gasteiger partial charge in [-0.3, -0.25) is 0 Å². The fourth-order valence-corrected chi connectivity index (χ4v) is 2.96. The van der Waals surface area contributed by atoms with E-state index < -0.39 is 5.97 Å². The van der Waals surface area contributed by atoms with Gasteiger partial charge in [0.1, 0.15) is 0 Å². The molecule has 3 N–H and O–H groups in total. The number of halogens is 1. The topological polar surface area (TPSA) is 78.4 Å². The van der Waals surface area contributed by atoms with Crippen molar-refractivity contribution in [3.05, 3.63) is 28.2 Å². The van der Waals surface area contributed by atoms with Crippen molar-refractivity contribution >= 4 is 33.6 Å². The number of hydrogen-bond donors (Lipinski definition) is 3. The average Bonchev–Trinajstić information content (AvgIpc) is 2.43. The first-order valence-corrected chi connectivity index (χ1v) is 7.87. The largest absolute Gasteiger partial charge is 0.478 e. The van der Waals surface area contributed by atoms with Crippen LogP contribution in [0.15, 0.2) is 22.7 Å². The number of carboxylic acid groups (broad SMARTS) is 1. The minimum Gasteiger partial charge on any atom is -0.478 e. The van der Waals surface area contributed by atoms with E-state index in [1.165, 1.54) is 18.6 Å². The van der Waals surface area contributed by atoms with E-state index in [2.05, 4.69) is 33.5 Å². The van der Waals surface area contributed by atoms with Crippen LogP contribution in [0, 0.1) is 5.92 Å². The Morgan fingerprint density at radius 1 is 1.29 bits per heavy atom. The Labute approximate surface area is 132 Å². The van der Waals surface area contributed by atoms with Crippen molar-refractivity contribution in [3.8, 4) is 0 Å². The molecule has 0 aliphatic heterocycles. The number of carboxylic acids is 1. The van der Waals surface area contributed by atoms with Gasteiger partial charge >= 0.3 is 12.0 Å². The molecule has 0 heterocycles. The number of amides is 2. The second-order valence-corrected chi connectivity index (χ2v) is 6.32. The zero-order chi connectivity index (χ0) is 15.4. The molecule has 2 atom stereocenters. The number of rotatable bonds is 3. The highest BCUT2D eigenvalue weighted by molar-refractivity contribution is 9.10. The van der Waals surface area contributed by atoms with Crippen LogP contribution in [0.1, 0.15) is 43.0 Å². The molecule has 21 heavy (non-hydrogen) atoms. The summed E-state index contributed by atoms with van der Waals surface area (Å²) >= 11 is 3.31. The van der Waals surface area contributed by atoms with Gasteiger partial charge < -0.3 is 15.7 Å². The van der Waals surface area contributed by atoms with Gasteiger partial charge in [-0.1, -0.05) is 19.8 Å². The van der Waals surface area contributed by atoms with Gasteiger partial charge in [0, 0.05) is 10.5 Å². The summed E-state index contributed by atoms with van der Waals surface area (Å²) in [5.74, 6) is -0.551. The minimum absolute atomic E-state index is 0.138. The molecule has 5 nitrogen and oxygen atoms in total. The average molecular weight is 355 g/mol. The van der Waals surface area contributed by atoms with Gasteiger partial charge in [0.15, 0.2) is 0 Å². The number of anilines is 1. The molecule has 2 amide bonds. The monoisotopic (exact) mass is 354 g/mol. The molecule has 2 rings (SSSR count). The molecule has 0 saturated heterocycles. The van der Waals surface area contributed by atoms with Gasteiger partial charge in [-0.2, -0.15) is 0 Å². The molecule has 1 fully saturated rings. The summed E-state index contributed by atoms with van der Waals surface area (Å²) in [6, 6.07) is 4.43. The number of carbonyl (C=O) groups is 2. The second-order valence-electron chi connectivity index (χ2n) is 5.47. The third-order valence-electron chi connectivity index (χ3n) is 3.89. The minimum atomic E-state index is -1.02. The molecule has 0 aromatic heterocycles. The van der Waals surface area contributed by atoms with Crippen LogP contribution in [0.5, 0.6) is 0 Å². The summed E-state index contributed by atoms with van der Waals surface area (Å²) < 4.78 is 0.652. The molecule has 0 bridgehead atoms. The first-order chi connectivity index (χ1) is 9.97. The lowest BCUT2D eigenvalue weighted by Crippen LogP contribution is -2.43. The maximum absolute atomic E-state index is 12.1. The lowest BCUT2D eigenvalue weighted by Gasteiger charge is -2.29. The van der Waals surface area contributed by atoms with Crippen LogP contribution in [0.3, 0.4) is 0 Å². The second kappa shape index (κ2) is 6.93. The first-order valence-electron chi connectivity index (χ1n) is 7.07. The Morgan fingerprint density at radius 3 is 2.67 bits per heavy atom. The standard InChI is InChI=1S/C15H19BrN2O3/c1-9-4-2-3-5-12(9)17-15(21)18-13-8-10(14(19)20)6-7-11(13)16/h6-9,12H,2-5H2,1H3,(H,19,20)(H2,17,18,21). The molecule has 1 aliphatic rings. The fourth-order valence-electron chi connectivity index (χ4n) is 2.61. The van der Waals surface area contributed by atoms with Crippen LogP contribution in [0.2, 0.25) is 0 Å². The van der Waals surface area contributed by atoms with Gasteiger partial charge in [-0.05, 0) is 52.9 Å². The predicted molar refractivity (Wildman–Crippen MR) is 84.7 cm³/mol. The molecule has 1 aliphatic carbocycles. The van der Waals surface area contributed by atoms with Crippen molar-refractivity contribution in [1.29, 1.82) is 0 Å². The molecular formula is C15H19BrN2O3. The number of carbonyl (C=O) groups excluding carboxylic acids is 1. The molecule has 2 unspecified atom stereocenters. The number of benzene rings is 1. The predicted octanol–water partition coefficient (Wildman–Crippen LogP) is 3.85. The highest BCUT2D eigenvalue weighted by atomic mass is 79.9. The van der Waals surface area contributed by atoms with Crippen molar-refractivity contribution in [2.24, 2.45) is 5.92 Å². The van der Waals surface area contributed by atoms with E-state index in [1.807, 2.05) is 0 Å². The Balaban J connectivity index is 2.02. The molecule has 114 valence electrons. The van der Waals surface area contributed by atoms with Gasteiger partial charge in [0.25, 0.3) is 0 Å². The zero-order valence-electron chi connectivity index (χ0n) is 11.9. The highest BCUT2D eigenvalue weighted by Crippen LogP contribution is 2.25. The van der Waals surface area contributed by atoms with Crippen molar-refractivity contribution in [1.82, 2.24) is 5.32 Å². The van der Waals surface area contributed by atoms with E-state index in [-0.39, 0.29) is 17.6 Å². The molecule has 0 spiro atoms.